The number of aliphatic carboxylic acids is 1. The quantitative estimate of drug-likeness (QED) is 0.489. The Morgan fingerprint density at radius 2 is 2.19 bits per heavy atom. The normalized spacial score (nSPS) is 10.1. The van der Waals surface area contributed by atoms with Gasteiger partial charge in [0.1, 0.15) is 5.82 Å². The zero-order chi connectivity index (χ0) is 12.1. The monoisotopic (exact) mass is 245 g/mol. The van der Waals surface area contributed by atoms with E-state index in [1.807, 2.05) is 0 Å². The van der Waals surface area contributed by atoms with Crippen molar-refractivity contribution in [2.75, 3.05) is 5.75 Å². The summed E-state index contributed by atoms with van der Waals surface area (Å²) >= 11 is 1.07. The summed E-state index contributed by atoms with van der Waals surface area (Å²) in [6.45, 7) is 0. The van der Waals surface area contributed by atoms with Crippen molar-refractivity contribution < 1.29 is 19.2 Å². The lowest BCUT2D eigenvalue weighted by Crippen LogP contribution is -1.96. The van der Waals surface area contributed by atoms with Crippen LogP contribution in [0.15, 0.2) is 23.1 Å². The molecule has 7 heteroatoms. The second kappa shape index (κ2) is 5.45. The number of hydrogen-bond acceptors (Lipinski definition) is 4. The highest BCUT2D eigenvalue weighted by Gasteiger charge is 2.10. The molecule has 1 rings (SSSR count). The molecule has 1 aromatic carbocycles. The van der Waals surface area contributed by atoms with Gasteiger partial charge in [0, 0.05) is 16.7 Å². The predicted molar refractivity (Wildman–Crippen MR) is 56.0 cm³/mol. The lowest BCUT2D eigenvalue weighted by Gasteiger charge is -2.00. The Balaban J connectivity index is 2.72. The maximum Gasteiger partial charge on any atom is 0.304 e. The van der Waals surface area contributed by atoms with Crippen molar-refractivity contribution >= 4 is 23.4 Å². The predicted octanol–water partition coefficient (Wildman–Crippen LogP) is 2.30. The maximum absolute atomic E-state index is 12.9. The molecule has 0 atom stereocenters. The van der Waals surface area contributed by atoms with E-state index in [0.29, 0.717) is 4.90 Å². The zero-order valence-electron chi connectivity index (χ0n) is 8.05. The molecular weight excluding hydrogens is 237 g/mol. The van der Waals surface area contributed by atoms with Crippen molar-refractivity contribution in [3.8, 4) is 0 Å². The molecule has 0 spiro atoms. The highest BCUT2D eigenvalue weighted by Crippen LogP contribution is 2.25. The van der Waals surface area contributed by atoms with Gasteiger partial charge in [-0.05, 0) is 6.07 Å². The van der Waals surface area contributed by atoms with Crippen LogP contribution in [0.3, 0.4) is 0 Å². The molecule has 0 saturated heterocycles. The van der Waals surface area contributed by atoms with Crippen LogP contribution in [-0.2, 0) is 4.79 Å². The lowest BCUT2D eigenvalue weighted by molar-refractivity contribution is -0.385. The Morgan fingerprint density at radius 1 is 1.50 bits per heavy atom. The molecule has 0 aliphatic heterocycles. The maximum atomic E-state index is 12.9. The van der Waals surface area contributed by atoms with Gasteiger partial charge in [-0.1, -0.05) is 0 Å². The number of nitrogens with zero attached hydrogens (tertiary/aromatic N) is 1. The average Bonchev–Trinajstić information content (AvgIpc) is 2.16. The minimum absolute atomic E-state index is 0.0744. The van der Waals surface area contributed by atoms with Crippen LogP contribution in [0, 0.1) is 15.9 Å². The van der Waals surface area contributed by atoms with Gasteiger partial charge in [0.25, 0.3) is 5.69 Å². The number of carbonyl (C=O) groups is 1. The molecule has 5 nitrogen and oxygen atoms in total. The molecule has 1 N–H and O–H groups in total. The third-order valence-electron chi connectivity index (χ3n) is 1.65. The number of benzene rings is 1. The van der Waals surface area contributed by atoms with E-state index in [2.05, 4.69) is 0 Å². The average molecular weight is 245 g/mol. The van der Waals surface area contributed by atoms with Crippen molar-refractivity contribution in [1.82, 2.24) is 0 Å². The second-order valence-electron chi connectivity index (χ2n) is 2.89. The van der Waals surface area contributed by atoms with Gasteiger partial charge < -0.3 is 5.11 Å². The molecule has 0 radical (unpaired) electrons. The van der Waals surface area contributed by atoms with Gasteiger partial charge in [-0.15, -0.1) is 11.8 Å². The van der Waals surface area contributed by atoms with E-state index < -0.39 is 16.7 Å². The molecule has 0 amide bonds. The fourth-order valence-electron chi connectivity index (χ4n) is 0.993. The summed E-state index contributed by atoms with van der Waals surface area (Å²) in [5.74, 6) is -1.42. The Bertz CT molecular complexity index is 424. The summed E-state index contributed by atoms with van der Waals surface area (Å²) in [5, 5.41) is 18.8. The summed E-state index contributed by atoms with van der Waals surface area (Å²) in [6, 6.07) is 3.18. The van der Waals surface area contributed by atoms with Gasteiger partial charge >= 0.3 is 5.97 Å². The van der Waals surface area contributed by atoms with Crippen LogP contribution < -0.4 is 0 Å². The number of rotatable bonds is 5. The summed E-state index contributed by atoms with van der Waals surface area (Å²) in [4.78, 5) is 20.3. The van der Waals surface area contributed by atoms with Gasteiger partial charge in [0.05, 0.1) is 17.4 Å². The van der Waals surface area contributed by atoms with E-state index in [1.165, 1.54) is 6.07 Å². The summed E-state index contributed by atoms with van der Waals surface area (Å²) in [7, 11) is 0. The van der Waals surface area contributed by atoms with Gasteiger partial charge in [-0.3, -0.25) is 14.9 Å². The number of hydrogen-bond donors (Lipinski definition) is 1. The van der Waals surface area contributed by atoms with Crippen molar-refractivity contribution in [2.45, 2.75) is 11.3 Å². The van der Waals surface area contributed by atoms with Crippen molar-refractivity contribution in [3.05, 3.63) is 34.1 Å². The van der Waals surface area contributed by atoms with Crippen molar-refractivity contribution in [3.63, 3.8) is 0 Å². The first-order chi connectivity index (χ1) is 7.49. The summed E-state index contributed by atoms with van der Waals surface area (Å²) in [6.07, 6.45) is -0.0744. The van der Waals surface area contributed by atoms with E-state index in [0.717, 1.165) is 23.9 Å². The van der Waals surface area contributed by atoms with Gasteiger partial charge in [0.15, 0.2) is 0 Å². The molecule has 0 heterocycles. The minimum Gasteiger partial charge on any atom is -0.481 e. The van der Waals surface area contributed by atoms with Crippen LogP contribution in [-0.4, -0.2) is 21.8 Å². The molecule has 0 aliphatic carbocycles. The number of nitro benzene ring substituents is 1. The van der Waals surface area contributed by atoms with Gasteiger partial charge in [-0.2, -0.15) is 0 Å². The van der Waals surface area contributed by atoms with Crippen molar-refractivity contribution in [1.29, 1.82) is 0 Å². The number of thioether (sulfide) groups is 1. The molecule has 1 aromatic rings. The van der Waals surface area contributed by atoms with E-state index >= 15 is 0 Å². The Kier molecular flexibility index (Phi) is 4.24. The van der Waals surface area contributed by atoms with E-state index in [-0.39, 0.29) is 17.9 Å². The lowest BCUT2D eigenvalue weighted by atomic mass is 10.3. The first-order valence-electron chi connectivity index (χ1n) is 4.28. The van der Waals surface area contributed by atoms with Crippen LogP contribution in [0.1, 0.15) is 6.42 Å². The third kappa shape index (κ3) is 3.85. The molecule has 0 aromatic heterocycles. The van der Waals surface area contributed by atoms with Gasteiger partial charge in [-0.25, -0.2) is 4.39 Å². The van der Waals surface area contributed by atoms with Crippen LogP contribution >= 0.6 is 11.8 Å². The smallest absolute Gasteiger partial charge is 0.304 e. The summed E-state index contributed by atoms with van der Waals surface area (Å²) in [5.41, 5.74) is -0.335. The van der Waals surface area contributed by atoms with E-state index in [9.17, 15) is 19.3 Å². The summed E-state index contributed by atoms with van der Waals surface area (Å²) < 4.78 is 12.9. The Hall–Kier alpha value is -1.63. The number of nitro groups is 1. The third-order valence-corrected chi connectivity index (χ3v) is 2.63. The first-order valence-corrected chi connectivity index (χ1v) is 5.27. The van der Waals surface area contributed by atoms with Gasteiger partial charge in [0.2, 0.25) is 0 Å². The molecule has 0 saturated carbocycles. The largest absolute Gasteiger partial charge is 0.481 e. The molecule has 0 bridgehead atoms. The molecule has 86 valence electrons. The zero-order valence-corrected chi connectivity index (χ0v) is 8.87. The highest BCUT2D eigenvalue weighted by atomic mass is 32.2. The molecular formula is C9H8FNO4S. The van der Waals surface area contributed by atoms with Crippen LogP contribution in [0.4, 0.5) is 10.1 Å². The SMILES string of the molecule is O=C(O)CCSc1cc(F)cc([N+](=O)[O-])c1. The Labute approximate surface area is 94.4 Å². The first kappa shape index (κ1) is 12.4. The number of halogens is 1. The highest BCUT2D eigenvalue weighted by molar-refractivity contribution is 7.99. The fourth-order valence-corrected chi connectivity index (χ4v) is 1.91. The number of carboxylic acid groups (broad SMARTS) is 1. The molecule has 0 fully saturated rings. The molecule has 0 aliphatic rings. The van der Waals surface area contributed by atoms with Crippen molar-refractivity contribution in [2.24, 2.45) is 0 Å². The standard InChI is InChI=1S/C9H8FNO4S/c10-6-3-7(11(14)15)5-8(4-6)16-2-1-9(12)13/h3-5H,1-2H2,(H,12,13). The topological polar surface area (TPSA) is 80.4 Å². The minimum atomic E-state index is -0.960. The van der Waals surface area contributed by atoms with Crippen LogP contribution in [0.25, 0.3) is 0 Å². The Morgan fingerprint density at radius 3 is 2.75 bits per heavy atom. The molecule has 0 unspecified atom stereocenters. The molecule has 16 heavy (non-hydrogen) atoms. The fraction of sp³-hybridized carbons (Fsp3) is 0.222. The van der Waals surface area contributed by atoms with E-state index in [4.69, 9.17) is 5.11 Å². The van der Waals surface area contributed by atoms with Crippen LogP contribution in [0.5, 0.6) is 0 Å². The van der Waals surface area contributed by atoms with Crippen LogP contribution in [0.2, 0.25) is 0 Å². The number of non-ortho nitro benzene ring substituents is 1. The van der Waals surface area contributed by atoms with E-state index in [1.54, 1.807) is 0 Å². The second-order valence-corrected chi connectivity index (χ2v) is 4.06. The number of carboxylic acids is 1.